The minimum atomic E-state index is 0.340. The van der Waals surface area contributed by atoms with E-state index < -0.39 is 0 Å². The Kier molecular flexibility index (Phi) is 7.49. The first-order valence-electron chi connectivity index (χ1n) is 6.31. The highest BCUT2D eigenvalue weighted by molar-refractivity contribution is 7.99. The smallest absolute Gasteiger partial charge is 0.0443 e. The fourth-order valence-corrected chi connectivity index (χ4v) is 2.64. The van der Waals surface area contributed by atoms with Crippen LogP contribution in [0.1, 0.15) is 39.0 Å². The fourth-order valence-electron chi connectivity index (χ4n) is 2.02. The van der Waals surface area contributed by atoms with Crippen LogP contribution in [0.4, 0.5) is 0 Å². The molecule has 0 amide bonds. The van der Waals surface area contributed by atoms with Crippen molar-refractivity contribution in [2.75, 3.05) is 31.2 Å². The highest BCUT2D eigenvalue weighted by Gasteiger charge is 2.23. The van der Waals surface area contributed by atoms with Crippen LogP contribution in [0.5, 0.6) is 0 Å². The normalized spacial score (nSPS) is 17.0. The molecule has 1 fully saturated rings. The van der Waals surface area contributed by atoms with Gasteiger partial charge in [-0.25, -0.2) is 0 Å². The average Bonchev–Trinajstić information content (AvgIpc) is 2.17. The minimum absolute atomic E-state index is 0.340. The Labute approximate surface area is 98.4 Å². The lowest BCUT2D eigenvalue weighted by atomic mass is 9.91. The SMILES string of the molecule is CCSCCCN(CCCO)C1CCC1. The maximum atomic E-state index is 8.87. The van der Waals surface area contributed by atoms with Gasteiger partial charge < -0.3 is 10.0 Å². The zero-order chi connectivity index (χ0) is 10.9. The van der Waals surface area contributed by atoms with Crippen molar-refractivity contribution in [1.82, 2.24) is 4.90 Å². The second-order valence-corrected chi connectivity index (χ2v) is 5.64. The highest BCUT2D eigenvalue weighted by Crippen LogP contribution is 2.25. The molecule has 0 aromatic heterocycles. The molecular weight excluding hydrogens is 206 g/mol. The molecule has 0 aromatic rings. The summed E-state index contributed by atoms with van der Waals surface area (Å²) < 4.78 is 0. The third-order valence-electron chi connectivity index (χ3n) is 3.13. The number of hydrogen-bond donors (Lipinski definition) is 1. The van der Waals surface area contributed by atoms with Crippen LogP contribution in [-0.4, -0.2) is 47.3 Å². The predicted molar refractivity (Wildman–Crippen MR) is 68.5 cm³/mol. The minimum Gasteiger partial charge on any atom is -0.396 e. The van der Waals surface area contributed by atoms with Gasteiger partial charge in [0.25, 0.3) is 0 Å². The van der Waals surface area contributed by atoms with Gasteiger partial charge >= 0.3 is 0 Å². The first-order chi connectivity index (χ1) is 7.38. The van der Waals surface area contributed by atoms with Gasteiger partial charge in [0.05, 0.1) is 0 Å². The van der Waals surface area contributed by atoms with Gasteiger partial charge in [-0.05, 0) is 43.7 Å². The van der Waals surface area contributed by atoms with Crippen LogP contribution in [0.2, 0.25) is 0 Å². The second kappa shape index (κ2) is 8.43. The van der Waals surface area contributed by atoms with E-state index in [1.54, 1.807) is 0 Å². The van der Waals surface area contributed by atoms with Crippen molar-refractivity contribution in [3.8, 4) is 0 Å². The van der Waals surface area contributed by atoms with E-state index in [1.807, 2.05) is 11.8 Å². The first-order valence-corrected chi connectivity index (χ1v) is 7.46. The van der Waals surface area contributed by atoms with E-state index in [4.69, 9.17) is 5.11 Å². The Balaban J connectivity index is 2.10. The van der Waals surface area contributed by atoms with Gasteiger partial charge in [-0.2, -0.15) is 11.8 Å². The molecule has 0 heterocycles. The van der Waals surface area contributed by atoms with E-state index in [1.165, 1.54) is 43.7 Å². The average molecular weight is 231 g/mol. The Morgan fingerprint density at radius 1 is 1.27 bits per heavy atom. The third-order valence-corrected chi connectivity index (χ3v) is 4.12. The summed E-state index contributed by atoms with van der Waals surface area (Å²) in [6, 6.07) is 0.836. The largest absolute Gasteiger partial charge is 0.396 e. The maximum absolute atomic E-state index is 8.87. The molecule has 15 heavy (non-hydrogen) atoms. The van der Waals surface area contributed by atoms with Gasteiger partial charge in [-0.15, -0.1) is 0 Å². The predicted octanol–water partition coefficient (Wildman–Crippen LogP) is 2.37. The number of nitrogens with zero attached hydrogens (tertiary/aromatic N) is 1. The lowest BCUT2D eigenvalue weighted by Crippen LogP contribution is -2.41. The van der Waals surface area contributed by atoms with Crippen LogP contribution >= 0.6 is 11.8 Å². The summed E-state index contributed by atoms with van der Waals surface area (Å²) in [5.41, 5.74) is 0. The quantitative estimate of drug-likeness (QED) is 0.616. The van der Waals surface area contributed by atoms with E-state index in [2.05, 4.69) is 11.8 Å². The Bertz CT molecular complexity index is 151. The molecule has 0 aromatic carbocycles. The third kappa shape index (κ3) is 5.23. The molecule has 2 nitrogen and oxygen atoms in total. The molecule has 1 rings (SSSR count). The van der Waals surface area contributed by atoms with Gasteiger partial charge in [0.2, 0.25) is 0 Å². The molecule has 1 aliphatic carbocycles. The van der Waals surface area contributed by atoms with Gasteiger partial charge in [0, 0.05) is 19.2 Å². The van der Waals surface area contributed by atoms with Crippen LogP contribution in [0.25, 0.3) is 0 Å². The van der Waals surface area contributed by atoms with Gasteiger partial charge in [0.1, 0.15) is 0 Å². The summed E-state index contributed by atoms with van der Waals surface area (Å²) in [5.74, 6) is 2.53. The topological polar surface area (TPSA) is 23.5 Å². The molecule has 90 valence electrons. The van der Waals surface area contributed by atoms with E-state index in [0.29, 0.717) is 6.61 Å². The molecule has 0 saturated heterocycles. The Morgan fingerprint density at radius 3 is 2.53 bits per heavy atom. The zero-order valence-corrected chi connectivity index (χ0v) is 10.8. The van der Waals surface area contributed by atoms with E-state index in [9.17, 15) is 0 Å². The zero-order valence-electron chi connectivity index (χ0n) is 9.95. The van der Waals surface area contributed by atoms with Crippen LogP contribution in [0, 0.1) is 0 Å². The lowest BCUT2D eigenvalue weighted by molar-refractivity contribution is 0.117. The molecule has 1 saturated carbocycles. The molecule has 0 atom stereocenters. The number of aliphatic hydroxyl groups is 1. The summed E-state index contributed by atoms with van der Waals surface area (Å²) in [5, 5.41) is 8.87. The van der Waals surface area contributed by atoms with E-state index in [-0.39, 0.29) is 0 Å². The van der Waals surface area contributed by atoms with Crippen molar-refractivity contribution in [3.63, 3.8) is 0 Å². The standard InChI is InChI=1S/C12H25NOS/c1-2-15-11-5-9-13(8-4-10-14)12-6-3-7-12/h12,14H,2-11H2,1H3. The van der Waals surface area contributed by atoms with Crippen LogP contribution in [0.15, 0.2) is 0 Å². The summed E-state index contributed by atoms with van der Waals surface area (Å²) in [7, 11) is 0. The van der Waals surface area contributed by atoms with Crippen molar-refractivity contribution < 1.29 is 5.11 Å². The van der Waals surface area contributed by atoms with Crippen molar-refractivity contribution in [2.45, 2.75) is 45.1 Å². The second-order valence-electron chi connectivity index (χ2n) is 4.25. The maximum Gasteiger partial charge on any atom is 0.0443 e. The Hall–Kier alpha value is 0.270. The van der Waals surface area contributed by atoms with E-state index >= 15 is 0 Å². The number of rotatable bonds is 9. The molecule has 1 N–H and O–H groups in total. The van der Waals surface area contributed by atoms with Crippen LogP contribution in [0.3, 0.4) is 0 Å². The molecule has 0 unspecified atom stereocenters. The van der Waals surface area contributed by atoms with Crippen LogP contribution in [-0.2, 0) is 0 Å². The van der Waals surface area contributed by atoms with Gasteiger partial charge in [0.15, 0.2) is 0 Å². The van der Waals surface area contributed by atoms with Crippen molar-refractivity contribution in [3.05, 3.63) is 0 Å². The highest BCUT2D eigenvalue weighted by atomic mass is 32.2. The summed E-state index contributed by atoms with van der Waals surface area (Å²) in [6.07, 6.45) is 6.42. The molecule has 0 radical (unpaired) electrons. The number of aliphatic hydroxyl groups excluding tert-OH is 1. The summed E-state index contributed by atoms with van der Waals surface area (Å²) in [4.78, 5) is 2.59. The molecule has 3 heteroatoms. The molecule has 1 aliphatic rings. The number of hydrogen-bond acceptors (Lipinski definition) is 3. The molecular formula is C12H25NOS. The van der Waals surface area contributed by atoms with Gasteiger partial charge in [-0.1, -0.05) is 13.3 Å². The van der Waals surface area contributed by atoms with Crippen molar-refractivity contribution in [2.24, 2.45) is 0 Å². The summed E-state index contributed by atoms with van der Waals surface area (Å²) >= 11 is 2.04. The molecule has 0 bridgehead atoms. The van der Waals surface area contributed by atoms with E-state index in [0.717, 1.165) is 19.0 Å². The van der Waals surface area contributed by atoms with Crippen molar-refractivity contribution in [1.29, 1.82) is 0 Å². The fraction of sp³-hybridized carbons (Fsp3) is 1.00. The monoisotopic (exact) mass is 231 g/mol. The van der Waals surface area contributed by atoms with Crippen LogP contribution < -0.4 is 0 Å². The van der Waals surface area contributed by atoms with Crippen molar-refractivity contribution >= 4 is 11.8 Å². The number of thioether (sulfide) groups is 1. The van der Waals surface area contributed by atoms with Gasteiger partial charge in [-0.3, -0.25) is 0 Å². The molecule has 0 spiro atoms. The molecule has 0 aliphatic heterocycles. The Morgan fingerprint density at radius 2 is 2.00 bits per heavy atom. The summed E-state index contributed by atoms with van der Waals surface area (Å²) in [6.45, 7) is 4.89. The first kappa shape index (κ1) is 13.3. The lowest BCUT2D eigenvalue weighted by Gasteiger charge is -2.37.